The molecule has 48 heavy (non-hydrogen) atoms. The topological polar surface area (TPSA) is 62.0 Å². The van der Waals surface area contributed by atoms with Gasteiger partial charge in [-0.1, -0.05) is 105 Å². The van der Waals surface area contributed by atoms with Crippen LogP contribution >= 0.6 is 0 Å². The van der Waals surface area contributed by atoms with E-state index in [4.69, 9.17) is 10.5 Å². The van der Waals surface area contributed by atoms with Crippen molar-refractivity contribution in [2.75, 3.05) is 52.9 Å². The molecule has 0 spiro atoms. The minimum absolute atomic E-state index is 0.245. The molecule has 0 aromatic heterocycles. The molecule has 0 radical (unpaired) electrons. The number of carbonyl (C=O) groups excluding carboxylic acids is 1. The van der Waals surface area contributed by atoms with Crippen molar-refractivity contribution in [2.45, 2.75) is 89.1 Å². The fraction of sp³-hybridized carbons (Fsp3) is 0.548. The molecular weight excluding hydrogens is 592 g/mol. The van der Waals surface area contributed by atoms with Crippen molar-refractivity contribution in [3.8, 4) is 5.75 Å². The molecule has 260 valence electrons. The van der Waals surface area contributed by atoms with Crippen molar-refractivity contribution in [3.63, 3.8) is 0 Å². The first kappa shape index (κ1) is 36.1. The number of primary amides is 1. The molecule has 2 fully saturated rings. The number of likely N-dealkylation sites (tertiary alicyclic amines) is 2. The standard InChI is InChI=1S/C42H60N4O2/c1-3-26-46(39-24-30-45(31-25-39)34-36-17-13-14-22-40(36)48-2)28-16-6-4-5-15-27-44-29-23-35(33-44)32-42(41(43)47,37-18-9-7-10-19-37)38-20-11-8-12-21-38/h7-14,17-22,35,39H,3-6,15-16,23-34H2,1-2H3,(H2,43,47)/t35-/m1/s1. The van der Waals surface area contributed by atoms with Crippen LogP contribution in [-0.4, -0.2) is 79.6 Å². The van der Waals surface area contributed by atoms with Gasteiger partial charge < -0.3 is 20.3 Å². The van der Waals surface area contributed by atoms with E-state index >= 15 is 0 Å². The average Bonchev–Trinajstić information content (AvgIpc) is 3.58. The first-order valence-electron chi connectivity index (χ1n) is 18.7. The van der Waals surface area contributed by atoms with Gasteiger partial charge in [-0.25, -0.2) is 0 Å². The smallest absolute Gasteiger partial charge is 0.232 e. The highest BCUT2D eigenvalue weighted by molar-refractivity contribution is 5.90. The predicted molar refractivity (Wildman–Crippen MR) is 198 cm³/mol. The van der Waals surface area contributed by atoms with Crippen LogP contribution in [-0.2, 0) is 16.8 Å². The van der Waals surface area contributed by atoms with Gasteiger partial charge in [0.25, 0.3) is 0 Å². The Hall–Kier alpha value is -3.19. The molecule has 2 heterocycles. The molecule has 0 bridgehead atoms. The zero-order valence-corrected chi connectivity index (χ0v) is 29.7. The maximum absolute atomic E-state index is 13.3. The van der Waals surface area contributed by atoms with Gasteiger partial charge in [-0.3, -0.25) is 9.69 Å². The molecule has 3 aromatic rings. The van der Waals surface area contributed by atoms with Gasteiger partial charge in [0.1, 0.15) is 5.75 Å². The molecule has 6 heteroatoms. The van der Waals surface area contributed by atoms with E-state index in [1.54, 1.807) is 7.11 Å². The summed E-state index contributed by atoms with van der Waals surface area (Å²) in [4.78, 5) is 21.3. The second-order valence-electron chi connectivity index (χ2n) is 14.3. The average molecular weight is 653 g/mol. The maximum atomic E-state index is 13.3. The Bertz CT molecular complexity index is 1320. The summed E-state index contributed by atoms with van der Waals surface area (Å²) in [6.45, 7) is 11.4. The Morgan fingerprint density at radius 1 is 0.792 bits per heavy atom. The lowest BCUT2D eigenvalue weighted by molar-refractivity contribution is -0.122. The van der Waals surface area contributed by atoms with E-state index in [2.05, 4.69) is 70.2 Å². The molecule has 2 N–H and O–H groups in total. The zero-order valence-electron chi connectivity index (χ0n) is 29.7. The lowest BCUT2D eigenvalue weighted by Gasteiger charge is -2.38. The summed E-state index contributed by atoms with van der Waals surface area (Å²) in [5.41, 5.74) is 8.77. The number of amides is 1. The highest BCUT2D eigenvalue weighted by Gasteiger charge is 2.43. The van der Waals surface area contributed by atoms with Crippen molar-refractivity contribution in [1.82, 2.24) is 14.7 Å². The summed E-state index contributed by atoms with van der Waals surface area (Å²) in [7, 11) is 1.77. The van der Waals surface area contributed by atoms with E-state index in [1.165, 1.54) is 83.1 Å². The van der Waals surface area contributed by atoms with Crippen LogP contribution in [0.2, 0.25) is 0 Å². The lowest BCUT2D eigenvalue weighted by atomic mass is 9.68. The number of hydrogen-bond donors (Lipinski definition) is 1. The normalized spacial score (nSPS) is 18.0. The highest BCUT2D eigenvalue weighted by Crippen LogP contribution is 2.40. The second-order valence-corrected chi connectivity index (χ2v) is 14.3. The summed E-state index contributed by atoms with van der Waals surface area (Å²) in [6.07, 6.45) is 12.2. The SMILES string of the molecule is CCCN(CCCCCCCN1CC[C@H](CC(C(N)=O)(c2ccccc2)c2ccccc2)C1)C1CCN(Cc2ccccc2OC)CC1. The molecule has 0 saturated carbocycles. The number of rotatable bonds is 19. The molecule has 5 rings (SSSR count). The van der Waals surface area contributed by atoms with Crippen LogP contribution in [0, 0.1) is 5.92 Å². The van der Waals surface area contributed by atoms with Gasteiger partial charge in [-0.05, 0) is 107 Å². The van der Waals surface area contributed by atoms with E-state index in [-0.39, 0.29) is 5.91 Å². The number of ether oxygens (including phenoxy) is 1. The summed E-state index contributed by atoms with van der Waals surface area (Å²) in [6, 6.07) is 29.5. The highest BCUT2D eigenvalue weighted by atomic mass is 16.5. The van der Waals surface area contributed by atoms with Gasteiger partial charge >= 0.3 is 0 Å². The molecule has 0 aliphatic carbocycles. The molecule has 1 atom stereocenters. The number of hydrogen-bond acceptors (Lipinski definition) is 5. The van der Waals surface area contributed by atoms with Crippen molar-refractivity contribution >= 4 is 5.91 Å². The number of nitrogens with two attached hydrogens (primary N) is 1. The van der Waals surface area contributed by atoms with Crippen LogP contribution in [0.3, 0.4) is 0 Å². The zero-order chi connectivity index (χ0) is 33.6. The van der Waals surface area contributed by atoms with E-state index < -0.39 is 5.41 Å². The monoisotopic (exact) mass is 652 g/mol. The van der Waals surface area contributed by atoms with Crippen LogP contribution < -0.4 is 10.5 Å². The largest absolute Gasteiger partial charge is 0.496 e. The summed E-state index contributed by atoms with van der Waals surface area (Å²) < 4.78 is 5.59. The maximum Gasteiger partial charge on any atom is 0.232 e. The molecular formula is C42H60N4O2. The third kappa shape index (κ3) is 9.49. The van der Waals surface area contributed by atoms with Crippen LogP contribution in [0.1, 0.15) is 87.8 Å². The molecule has 1 amide bonds. The van der Waals surface area contributed by atoms with E-state index in [1.807, 2.05) is 36.4 Å². The van der Waals surface area contributed by atoms with Gasteiger partial charge in [-0.2, -0.15) is 0 Å². The van der Waals surface area contributed by atoms with Gasteiger partial charge in [-0.15, -0.1) is 0 Å². The minimum atomic E-state index is -0.790. The Labute approximate surface area is 290 Å². The Morgan fingerprint density at radius 2 is 1.40 bits per heavy atom. The van der Waals surface area contributed by atoms with Crippen LogP contribution in [0.4, 0.5) is 0 Å². The fourth-order valence-electron chi connectivity index (χ4n) is 8.41. The first-order valence-corrected chi connectivity index (χ1v) is 18.7. The molecule has 6 nitrogen and oxygen atoms in total. The first-order chi connectivity index (χ1) is 23.5. The molecule has 2 aliphatic rings. The van der Waals surface area contributed by atoms with Crippen molar-refractivity contribution in [2.24, 2.45) is 11.7 Å². The molecule has 2 aliphatic heterocycles. The number of nitrogens with zero attached hydrogens (tertiary/aromatic N) is 3. The minimum Gasteiger partial charge on any atom is -0.496 e. The lowest BCUT2D eigenvalue weighted by Crippen LogP contribution is -2.45. The van der Waals surface area contributed by atoms with Crippen molar-refractivity contribution in [3.05, 3.63) is 102 Å². The number of unbranched alkanes of at least 4 members (excludes halogenated alkanes) is 4. The number of carbonyl (C=O) groups is 1. The quantitative estimate of drug-likeness (QED) is 0.136. The Morgan fingerprint density at radius 3 is 2.04 bits per heavy atom. The predicted octanol–water partition coefficient (Wildman–Crippen LogP) is 7.51. The van der Waals surface area contributed by atoms with Crippen LogP contribution in [0.5, 0.6) is 5.75 Å². The fourth-order valence-corrected chi connectivity index (χ4v) is 8.41. The number of methoxy groups -OCH3 is 1. The third-order valence-electron chi connectivity index (χ3n) is 11.0. The van der Waals surface area contributed by atoms with E-state index in [0.717, 1.165) is 61.9 Å². The number of benzene rings is 3. The molecule has 0 unspecified atom stereocenters. The second kappa shape index (κ2) is 18.5. The van der Waals surface area contributed by atoms with Crippen LogP contribution in [0.25, 0.3) is 0 Å². The summed E-state index contributed by atoms with van der Waals surface area (Å²) >= 11 is 0. The van der Waals surface area contributed by atoms with Gasteiger partial charge in [0.05, 0.1) is 12.5 Å². The Kier molecular flexibility index (Phi) is 13.9. The van der Waals surface area contributed by atoms with Crippen LogP contribution in [0.15, 0.2) is 84.9 Å². The Balaban J connectivity index is 1.00. The van der Waals surface area contributed by atoms with Gasteiger partial charge in [0, 0.05) is 24.7 Å². The van der Waals surface area contributed by atoms with Gasteiger partial charge in [0.2, 0.25) is 5.91 Å². The van der Waals surface area contributed by atoms with Gasteiger partial charge in [0.15, 0.2) is 0 Å². The van der Waals surface area contributed by atoms with E-state index in [9.17, 15) is 4.79 Å². The van der Waals surface area contributed by atoms with E-state index in [0.29, 0.717) is 5.92 Å². The number of piperidine rings is 1. The van der Waals surface area contributed by atoms with Crippen molar-refractivity contribution in [1.29, 1.82) is 0 Å². The molecule has 2 saturated heterocycles. The summed E-state index contributed by atoms with van der Waals surface area (Å²) in [5.74, 6) is 1.21. The molecule has 3 aromatic carbocycles. The number of para-hydroxylation sites is 1. The third-order valence-corrected chi connectivity index (χ3v) is 11.0. The summed E-state index contributed by atoms with van der Waals surface area (Å²) in [5, 5.41) is 0. The van der Waals surface area contributed by atoms with Crippen molar-refractivity contribution < 1.29 is 9.53 Å².